The molecule has 256 valence electrons. The summed E-state index contributed by atoms with van der Waals surface area (Å²) >= 11 is 1.17. The average Bonchev–Trinajstić information content (AvgIpc) is 3.35. The van der Waals surface area contributed by atoms with Crippen molar-refractivity contribution in [3.63, 3.8) is 0 Å². The standard InChI is InChI=1S/C32H35F6N3O4S2/c1-47(42,43)23-11-12-26(28(18-23)45-20-32(36,37)38)39-13-3-6-29-25(19-31(33,34)35)24-4-2-5-27(30(24)46-29)40-21-7-9-22(10-8-21)41-14-16-44-17-15-41/h2,4-5,11-12,18,21-22,39-40H,7-10,13-17,19-20H2,1H3. The number of ether oxygens (including phenoxy) is 2. The van der Waals surface area contributed by atoms with E-state index in [1.165, 1.54) is 23.5 Å². The second kappa shape index (κ2) is 14.5. The maximum atomic E-state index is 13.7. The van der Waals surface area contributed by atoms with Crippen LogP contribution in [-0.4, -0.2) is 83.5 Å². The third-order valence-corrected chi connectivity index (χ3v) is 10.5. The molecule has 3 aromatic rings. The largest absolute Gasteiger partial charge is 0.482 e. The average molecular weight is 704 g/mol. The second-order valence-corrected chi connectivity index (χ2v) is 14.7. The molecule has 0 atom stereocenters. The number of alkyl halides is 6. The minimum Gasteiger partial charge on any atom is -0.482 e. The number of rotatable bonds is 9. The first-order valence-corrected chi connectivity index (χ1v) is 17.8. The molecule has 2 aliphatic rings. The third kappa shape index (κ3) is 9.68. The molecule has 1 saturated heterocycles. The molecule has 2 aromatic carbocycles. The summed E-state index contributed by atoms with van der Waals surface area (Å²) in [4.78, 5) is 2.48. The molecule has 15 heteroatoms. The molecule has 2 heterocycles. The Morgan fingerprint density at radius 1 is 1.00 bits per heavy atom. The van der Waals surface area contributed by atoms with Crippen LogP contribution in [0.3, 0.4) is 0 Å². The van der Waals surface area contributed by atoms with Crippen molar-refractivity contribution in [2.45, 2.75) is 61.4 Å². The van der Waals surface area contributed by atoms with Gasteiger partial charge >= 0.3 is 12.4 Å². The predicted octanol–water partition coefficient (Wildman–Crippen LogP) is 6.87. The number of hydrogen-bond acceptors (Lipinski definition) is 8. The van der Waals surface area contributed by atoms with E-state index in [2.05, 4.69) is 27.4 Å². The number of halogens is 6. The van der Waals surface area contributed by atoms with E-state index in [4.69, 9.17) is 9.47 Å². The molecule has 7 nitrogen and oxygen atoms in total. The van der Waals surface area contributed by atoms with Crippen LogP contribution in [0.2, 0.25) is 0 Å². The Morgan fingerprint density at radius 3 is 2.38 bits per heavy atom. The van der Waals surface area contributed by atoms with Crippen molar-refractivity contribution in [2.75, 3.05) is 56.3 Å². The van der Waals surface area contributed by atoms with Gasteiger partial charge in [0.1, 0.15) is 5.75 Å². The zero-order valence-electron chi connectivity index (χ0n) is 25.6. The van der Waals surface area contributed by atoms with Gasteiger partial charge in [0.15, 0.2) is 16.4 Å². The topological polar surface area (TPSA) is 79.9 Å². The number of hydrogen-bond donors (Lipinski definition) is 2. The molecule has 5 rings (SSSR count). The van der Waals surface area contributed by atoms with Crippen molar-refractivity contribution < 1.29 is 44.2 Å². The third-order valence-electron chi connectivity index (χ3n) is 8.16. The lowest BCUT2D eigenvalue weighted by Gasteiger charge is -2.39. The van der Waals surface area contributed by atoms with E-state index in [1.807, 2.05) is 6.07 Å². The lowest BCUT2D eigenvalue weighted by Crippen LogP contribution is -2.46. The Balaban J connectivity index is 1.33. The molecule has 47 heavy (non-hydrogen) atoms. The van der Waals surface area contributed by atoms with Crippen LogP contribution in [0.5, 0.6) is 5.75 Å². The van der Waals surface area contributed by atoms with Crippen molar-refractivity contribution in [1.82, 2.24) is 4.90 Å². The van der Waals surface area contributed by atoms with E-state index >= 15 is 0 Å². The van der Waals surface area contributed by atoms with Gasteiger partial charge in [0.2, 0.25) is 0 Å². The van der Waals surface area contributed by atoms with Gasteiger partial charge in [-0.2, -0.15) is 26.3 Å². The summed E-state index contributed by atoms with van der Waals surface area (Å²) in [7, 11) is -3.73. The number of nitrogens with zero attached hydrogens (tertiary/aromatic N) is 1. The van der Waals surface area contributed by atoms with Crippen LogP contribution in [-0.2, 0) is 21.0 Å². The van der Waals surface area contributed by atoms with E-state index < -0.39 is 35.2 Å². The molecule has 0 spiro atoms. The first-order chi connectivity index (χ1) is 22.2. The van der Waals surface area contributed by atoms with E-state index in [-0.39, 0.29) is 39.4 Å². The van der Waals surface area contributed by atoms with Crippen molar-refractivity contribution in [1.29, 1.82) is 0 Å². The molecular formula is C32H35F6N3O4S2. The summed E-state index contributed by atoms with van der Waals surface area (Å²) < 4.78 is 114. The maximum Gasteiger partial charge on any atom is 0.422 e. The highest BCUT2D eigenvalue weighted by molar-refractivity contribution is 7.90. The quantitative estimate of drug-likeness (QED) is 0.186. The van der Waals surface area contributed by atoms with Gasteiger partial charge in [0.25, 0.3) is 0 Å². The number of anilines is 2. The fourth-order valence-electron chi connectivity index (χ4n) is 5.93. The van der Waals surface area contributed by atoms with Gasteiger partial charge < -0.3 is 20.1 Å². The van der Waals surface area contributed by atoms with Gasteiger partial charge in [-0.25, -0.2) is 8.42 Å². The predicted molar refractivity (Wildman–Crippen MR) is 170 cm³/mol. The number of benzene rings is 2. The highest BCUT2D eigenvalue weighted by Gasteiger charge is 2.32. The Hall–Kier alpha value is -3.19. The molecule has 2 N–H and O–H groups in total. The maximum absolute atomic E-state index is 13.7. The van der Waals surface area contributed by atoms with Gasteiger partial charge in [-0.05, 0) is 54.8 Å². The van der Waals surface area contributed by atoms with Gasteiger partial charge in [0.05, 0.1) is 52.0 Å². The van der Waals surface area contributed by atoms with E-state index in [0.717, 1.165) is 70.0 Å². The summed E-state index contributed by atoms with van der Waals surface area (Å²) in [6.07, 6.45) is -5.45. The van der Waals surface area contributed by atoms with Crippen LogP contribution in [0.1, 0.15) is 36.1 Å². The smallest absolute Gasteiger partial charge is 0.422 e. The first kappa shape index (κ1) is 35.1. The minimum atomic E-state index is -4.66. The summed E-state index contributed by atoms with van der Waals surface area (Å²) in [5.41, 5.74) is 0.878. The fourth-order valence-corrected chi connectivity index (χ4v) is 7.74. The van der Waals surface area contributed by atoms with Crippen LogP contribution in [0, 0.1) is 11.8 Å². The fraction of sp³-hybridized carbons (Fsp3) is 0.500. The van der Waals surface area contributed by atoms with Gasteiger partial charge in [-0.3, -0.25) is 4.90 Å². The van der Waals surface area contributed by atoms with Crippen molar-refractivity contribution in [2.24, 2.45) is 0 Å². The van der Waals surface area contributed by atoms with Crippen LogP contribution < -0.4 is 15.4 Å². The normalized spacial score (nSPS) is 19.6. The van der Waals surface area contributed by atoms with Crippen molar-refractivity contribution in [3.8, 4) is 17.6 Å². The number of nitrogens with one attached hydrogen (secondary N) is 2. The monoisotopic (exact) mass is 703 g/mol. The van der Waals surface area contributed by atoms with Crippen molar-refractivity contribution in [3.05, 3.63) is 46.8 Å². The molecular weight excluding hydrogens is 668 g/mol. The molecule has 1 saturated carbocycles. The summed E-state index contributed by atoms with van der Waals surface area (Å²) in [5.74, 6) is 5.25. The SMILES string of the molecule is CS(=O)(=O)c1ccc(NCC#Cc2sc3c(NC4CCC(N5CCOCC5)CC4)cccc3c2CC(F)(F)F)c(OCC(F)(F)F)c1. The lowest BCUT2D eigenvalue weighted by atomic mass is 9.89. The second-order valence-electron chi connectivity index (χ2n) is 11.7. The molecule has 2 fully saturated rings. The molecule has 0 unspecified atom stereocenters. The van der Waals surface area contributed by atoms with Crippen molar-refractivity contribution >= 4 is 42.6 Å². The Bertz CT molecular complexity index is 1720. The summed E-state index contributed by atoms with van der Waals surface area (Å²) in [6, 6.07) is 9.40. The Morgan fingerprint density at radius 2 is 1.72 bits per heavy atom. The van der Waals surface area contributed by atoms with E-state index in [0.29, 0.717) is 16.1 Å². The Kier molecular flexibility index (Phi) is 10.8. The van der Waals surface area contributed by atoms with Crippen LogP contribution in [0.25, 0.3) is 10.1 Å². The van der Waals surface area contributed by atoms with E-state index in [1.54, 1.807) is 12.1 Å². The molecule has 0 radical (unpaired) electrons. The molecule has 1 aliphatic carbocycles. The first-order valence-electron chi connectivity index (χ1n) is 15.1. The molecule has 0 bridgehead atoms. The number of sulfone groups is 1. The highest BCUT2D eigenvalue weighted by Crippen LogP contribution is 2.40. The number of morpholine rings is 1. The van der Waals surface area contributed by atoms with Crippen LogP contribution in [0.15, 0.2) is 41.3 Å². The molecule has 0 amide bonds. The van der Waals surface area contributed by atoms with E-state index in [9.17, 15) is 34.8 Å². The van der Waals surface area contributed by atoms with Gasteiger partial charge in [0, 0.05) is 37.5 Å². The van der Waals surface area contributed by atoms with Gasteiger partial charge in [-0.15, -0.1) is 11.3 Å². The summed E-state index contributed by atoms with van der Waals surface area (Å²) in [5, 5.41) is 6.83. The minimum absolute atomic E-state index is 0.0534. The number of fused-ring (bicyclic) bond motifs is 1. The molecule has 1 aliphatic heterocycles. The zero-order valence-corrected chi connectivity index (χ0v) is 27.2. The van der Waals surface area contributed by atoms with Gasteiger partial charge in [-0.1, -0.05) is 24.0 Å². The zero-order chi connectivity index (χ0) is 33.8. The summed E-state index contributed by atoms with van der Waals surface area (Å²) in [6.45, 7) is 1.56. The van der Waals surface area contributed by atoms with Crippen LogP contribution in [0.4, 0.5) is 37.7 Å². The van der Waals surface area contributed by atoms with Crippen LogP contribution >= 0.6 is 11.3 Å². The highest BCUT2D eigenvalue weighted by atomic mass is 32.2. The Labute approximate surface area is 273 Å². The molecule has 1 aromatic heterocycles. The number of thiophene rings is 1. The lowest BCUT2D eigenvalue weighted by molar-refractivity contribution is -0.153.